The highest BCUT2D eigenvalue weighted by atomic mass is 19.4. The van der Waals surface area contributed by atoms with Gasteiger partial charge in [-0.15, -0.1) is 0 Å². The molecule has 0 aliphatic carbocycles. The van der Waals surface area contributed by atoms with E-state index in [1.54, 1.807) is 0 Å². The molecule has 0 N–H and O–H groups in total. The van der Waals surface area contributed by atoms with E-state index in [-0.39, 0.29) is 5.92 Å². The second-order valence-electron chi connectivity index (χ2n) is 5.44. The number of aromatic nitrogens is 1. The van der Waals surface area contributed by atoms with Gasteiger partial charge in [-0.1, -0.05) is 12.1 Å². The van der Waals surface area contributed by atoms with Crippen LogP contribution in [0.3, 0.4) is 0 Å². The first-order valence-electron chi connectivity index (χ1n) is 6.53. The number of nitrogens with zero attached hydrogens (tertiary/aromatic N) is 1. The summed E-state index contributed by atoms with van der Waals surface area (Å²) in [6.07, 6.45) is -4.19. The van der Waals surface area contributed by atoms with Crippen molar-refractivity contribution in [3.63, 3.8) is 0 Å². The van der Waals surface area contributed by atoms with E-state index in [0.29, 0.717) is 13.0 Å². The lowest BCUT2D eigenvalue weighted by atomic mass is 9.95. The Kier molecular flexibility index (Phi) is 2.66. The number of halogens is 3. The van der Waals surface area contributed by atoms with Crippen LogP contribution in [0.4, 0.5) is 13.2 Å². The van der Waals surface area contributed by atoms with Gasteiger partial charge in [-0.05, 0) is 37.5 Å². The Bertz CT molecular complexity index is 637. The average Bonchev–Trinajstić information content (AvgIpc) is 2.80. The zero-order valence-electron chi connectivity index (χ0n) is 11.0. The maximum Gasteiger partial charge on any atom is 0.389 e. The number of rotatable bonds is 1. The molecule has 1 aromatic carbocycles. The molecule has 1 aliphatic heterocycles. The smallest absolute Gasteiger partial charge is 0.344 e. The molecule has 0 saturated carbocycles. The molecule has 4 heteroatoms. The van der Waals surface area contributed by atoms with Crippen LogP contribution in [0.25, 0.3) is 10.9 Å². The number of alkyl halides is 3. The Morgan fingerprint density at radius 2 is 2.00 bits per heavy atom. The van der Waals surface area contributed by atoms with Crippen LogP contribution < -0.4 is 0 Å². The lowest BCUT2D eigenvalue weighted by Crippen LogP contribution is -2.12. The van der Waals surface area contributed by atoms with Crippen molar-refractivity contribution in [3.05, 3.63) is 35.0 Å². The molecular formula is C15H16F3N. The van der Waals surface area contributed by atoms with Crippen LogP contribution in [-0.2, 0) is 6.54 Å². The molecule has 1 atom stereocenters. The molecule has 102 valence electrons. The minimum absolute atomic E-state index is 0.383. The van der Waals surface area contributed by atoms with Crippen LogP contribution in [0, 0.1) is 13.8 Å². The van der Waals surface area contributed by atoms with Gasteiger partial charge in [0.25, 0.3) is 0 Å². The Hall–Kier alpha value is -1.45. The molecule has 0 fully saturated rings. The molecule has 1 aromatic heterocycles. The van der Waals surface area contributed by atoms with E-state index in [4.69, 9.17) is 0 Å². The van der Waals surface area contributed by atoms with Crippen LogP contribution in [0.5, 0.6) is 0 Å². The SMILES string of the molecule is Cc1cccc2c1c(C)c1n2CCC1CC(F)(F)F. The number of aryl methyl sites for hydroxylation is 3. The van der Waals surface area contributed by atoms with Gasteiger partial charge in [-0.2, -0.15) is 13.2 Å². The molecule has 0 bridgehead atoms. The summed E-state index contributed by atoms with van der Waals surface area (Å²) in [5.74, 6) is -0.383. The summed E-state index contributed by atoms with van der Waals surface area (Å²) in [5.41, 5.74) is 4.14. The molecule has 19 heavy (non-hydrogen) atoms. The quantitative estimate of drug-likeness (QED) is 0.706. The molecule has 0 radical (unpaired) electrons. The Labute approximate surface area is 110 Å². The number of hydrogen-bond donors (Lipinski definition) is 0. The van der Waals surface area contributed by atoms with Gasteiger partial charge in [0.05, 0.1) is 6.42 Å². The fraction of sp³-hybridized carbons (Fsp3) is 0.467. The lowest BCUT2D eigenvalue weighted by Gasteiger charge is -2.13. The van der Waals surface area contributed by atoms with E-state index in [9.17, 15) is 13.2 Å². The van der Waals surface area contributed by atoms with E-state index >= 15 is 0 Å². The highest BCUT2D eigenvalue weighted by Crippen LogP contribution is 2.43. The predicted molar refractivity (Wildman–Crippen MR) is 69.4 cm³/mol. The van der Waals surface area contributed by atoms with Gasteiger partial charge in [0.2, 0.25) is 0 Å². The fourth-order valence-corrected chi connectivity index (χ4v) is 3.49. The summed E-state index contributed by atoms with van der Waals surface area (Å²) in [6.45, 7) is 4.67. The maximum atomic E-state index is 12.7. The number of hydrogen-bond acceptors (Lipinski definition) is 0. The summed E-state index contributed by atoms with van der Waals surface area (Å²) in [5, 5.41) is 1.13. The highest BCUT2D eigenvalue weighted by Gasteiger charge is 2.37. The second kappa shape index (κ2) is 4.02. The van der Waals surface area contributed by atoms with Crippen molar-refractivity contribution in [2.75, 3.05) is 0 Å². The van der Waals surface area contributed by atoms with E-state index in [2.05, 4.69) is 4.57 Å². The van der Waals surface area contributed by atoms with Crippen LogP contribution in [0.15, 0.2) is 18.2 Å². The molecular weight excluding hydrogens is 251 g/mol. The van der Waals surface area contributed by atoms with Crippen molar-refractivity contribution in [1.29, 1.82) is 0 Å². The van der Waals surface area contributed by atoms with E-state index in [0.717, 1.165) is 27.7 Å². The average molecular weight is 267 g/mol. The fourth-order valence-electron chi connectivity index (χ4n) is 3.49. The standard InChI is InChI=1S/C15H16F3N/c1-9-4-3-5-12-13(9)10(2)14-11(6-7-19(12)14)8-15(16,17)18/h3-5,11H,6-8H2,1-2H3. The minimum atomic E-state index is -4.09. The van der Waals surface area contributed by atoms with Crippen molar-refractivity contribution < 1.29 is 13.2 Å². The second-order valence-corrected chi connectivity index (χ2v) is 5.44. The van der Waals surface area contributed by atoms with Crippen LogP contribution in [0.2, 0.25) is 0 Å². The first-order valence-corrected chi connectivity index (χ1v) is 6.53. The monoisotopic (exact) mass is 267 g/mol. The van der Waals surface area contributed by atoms with E-state index in [1.807, 2.05) is 32.0 Å². The molecule has 3 rings (SSSR count). The molecule has 0 amide bonds. The van der Waals surface area contributed by atoms with Gasteiger partial charge in [0.15, 0.2) is 0 Å². The third-order valence-electron chi connectivity index (χ3n) is 4.16. The summed E-state index contributed by atoms with van der Waals surface area (Å²) >= 11 is 0. The number of fused-ring (bicyclic) bond motifs is 3. The largest absolute Gasteiger partial charge is 0.389 e. The van der Waals surface area contributed by atoms with Crippen LogP contribution in [-0.4, -0.2) is 10.7 Å². The van der Waals surface area contributed by atoms with E-state index < -0.39 is 12.6 Å². The van der Waals surface area contributed by atoms with Gasteiger partial charge < -0.3 is 4.57 Å². The molecule has 1 nitrogen and oxygen atoms in total. The zero-order valence-corrected chi connectivity index (χ0v) is 11.0. The first kappa shape index (κ1) is 12.6. The van der Waals surface area contributed by atoms with Gasteiger partial charge in [0.1, 0.15) is 0 Å². The van der Waals surface area contributed by atoms with Crippen molar-refractivity contribution in [2.45, 2.75) is 45.3 Å². The summed E-state index contributed by atoms with van der Waals surface area (Å²) in [6, 6.07) is 6.00. The van der Waals surface area contributed by atoms with Gasteiger partial charge in [-0.3, -0.25) is 0 Å². The van der Waals surface area contributed by atoms with Crippen molar-refractivity contribution in [1.82, 2.24) is 4.57 Å². The third-order valence-corrected chi connectivity index (χ3v) is 4.16. The molecule has 0 spiro atoms. The van der Waals surface area contributed by atoms with E-state index in [1.165, 1.54) is 0 Å². The normalized spacial score (nSPS) is 19.1. The van der Waals surface area contributed by atoms with Gasteiger partial charge in [-0.25, -0.2) is 0 Å². The Balaban J connectivity index is 2.16. The Morgan fingerprint density at radius 3 is 2.68 bits per heavy atom. The first-order chi connectivity index (χ1) is 8.88. The van der Waals surface area contributed by atoms with Gasteiger partial charge in [0, 0.05) is 29.1 Å². The highest BCUT2D eigenvalue weighted by molar-refractivity contribution is 5.89. The molecule has 2 aromatic rings. The van der Waals surface area contributed by atoms with Gasteiger partial charge >= 0.3 is 6.18 Å². The molecule has 1 unspecified atom stereocenters. The van der Waals surface area contributed by atoms with Crippen molar-refractivity contribution in [2.24, 2.45) is 0 Å². The molecule has 2 heterocycles. The Morgan fingerprint density at radius 1 is 1.26 bits per heavy atom. The maximum absolute atomic E-state index is 12.7. The minimum Gasteiger partial charge on any atom is -0.344 e. The van der Waals surface area contributed by atoms with Crippen molar-refractivity contribution in [3.8, 4) is 0 Å². The zero-order chi connectivity index (χ0) is 13.8. The summed E-state index contributed by atoms with van der Waals surface area (Å²) < 4.78 is 40.1. The third kappa shape index (κ3) is 1.94. The summed E-state index contributed by atoms with van der Waals surface area (Å²) in [7, 11) is 0. The molecule has 1 aliphatic rings. The summed E-state index contributed by atoms with van der Waals surface area (Å²) in [4.78, 5) is 0. The van der Waals surface area contributed by atoms with Crippen LogP contribution >= 0.6 is 0 Å². The number of benzene rings is 1. The predicted octanol–water partition coefficient (Wildman–Crippen LogP) is 4.70. The lowest BCUT2D eigenvalue weighted by molar-refractivity contribution is -0.138. The van der Waals surface area contributed by atoms with Crippen molar-refractivity contribution >= 4 is 10.9 Å². The molecule has 0 saturated heterocycles. The van der Waals surface area contributed by atoms with Crippen LogP contribution in [0.1, 0.15) is 35.6 Å². The topological polar surface area (TPSA) is 4.93 Å².